The molecular formula is C19H21Cl2FN2O3S. The SMILES string of the molecule is O=S(=O)(Cc1ccc(F)c(Cl)c1)NCC(c1ccccc1Cl)N1CCOCC1. The highest BCUT2D eigenvalue weighted by molar-refractivity contribution is 7.88. The van der Waals surface area contributed by atoms with E-state index < -0.39 is 15.8 Å². The lowest BCUT2D eigenvalue weighted by atomic mass is 10.0. The molecule has 1 heterocycles. The Morgan fingerprint density at radius 1 is 1.11 bits per heavy atom. The highest BCUT2D eigenvalue weighted by Crippen LogP contribution is 2.28. The average molecular weight is 447 g/mol. The van der Waals surface area contributed by atoms with Crippen molar-refractivity contribution in [3.63, 3.8) is 0 Å². The van der Waals surface area contributed by atoms with Crippen molar-refractivity contribution in [1.29, 1.82) is 0 Å². The molecule has 1 N–H and O–H groups in total. The number of sulfonamides is 1. The Morgan fingerprint density at radius 2 is 1.82 bits per heavy atom. The highest BCUT2D eigenvalue weighted by atomic mass is 35.5. The molecule has 1 aliphatic rings. The predicted octanol–water partition coefficient (Wildman–Crippen LogP) is 3.63. The van der Waals surface area contributed by atoms with Gasteiger partial charge in [0.25, 0.3) is 0 Å². The number of hydrogen-bond acceptors (Lipinski definition) is 4. The van der Waals surface area contributed by atoms with Crippen LogP contribution in [0.1, 0.15) is 17.2 Å². The Morgan fingerprint density at radius 3 is 2.50 bits per heavy atom. The van der Waals surface area contributed by atoms with Gasteiger partial charge in [0.05, 0.1) is 24.0 Å². The largest absolute Gasteiger partial charge is 0.379 e. The van der Waals surface area contributed by atoms with Crippen molar-refractivity contribution < 1.29 is 17.5 Å². The summed E-state index contributed by atoms with van der Waals surface area (Å²) in [6.07, 6.45) is 0. The lowest BCUT2D eigenvalue weighted by molar-refractivity contribution is 0.0172. The van der Waals surface area contributed by atoms with Gasteiger partial charge in [-0.1, -0.05) is 47.5 Å². The summed E-state index contributed by atoms with van der Waals surface area (Å²) in [5.41, 5.74) is 1.28. The minimum atomic E-state index is -3.65. The Labute approximate surface area is 174 Å². The van der Waals surface area contributed by atoms with Crippen molar-refractivity contribution in [1.82, 2.24) is 9.62 Å². The van der Waals surface area contributed by atoms with E-state index in [1.54, 1.807) is 6.07 Å². The number of hydrogen-bond donors (Lipinski definition) is 1. The van der Waals surface area contributed by atoms with Crippen LogP contribution in [-0.2, 0) is 20.5 Å². The zero-order valence-electron chi connectivity index (χ0n) is 15.1. The topological polar surface area (TPSA) is 58.6 Å². The Bertz CT molecular complexity index is 921. The molecule has 2 aromatic carbocycles. The normalized spacial score (nSPS) is 16.8. The summed E-state index contributed by atoms with van der Waals surface area (Å²) in [5.74, 6) is -0.868. The molecule has 152 valence electrons. The van der Waals surface area contributed by atoms with Crippen LogP contribution >= 0.6 is 23.2 Å². The van der Waals surface area contributed by atoms with Crippen LogP contribution < -0.4 is 4.72 Å². The third-order valence-corrected chi connectivity index (χ3v) is 6.54. The lowest BCUT2D eigenvalue weighted by Crippen LogP contribution is -2.44. The molecule has 0 radical (unpaired) electrons. The average Bonchev–Trinajstić information content (AvgIpc) is 2.67. The minimum absolute atomic E-state index is 0.102. The molecule has 9 heteroatoms. The van der Waals surface area contributed by atoms with Crippen molar-refractivity contribution in [3.8, 4) is 0 Å². The number of nitrogens with one attached hydrogen (secondary N) is 1. The van der Waals surface area contributed by atoms with E-state index in [0.717, 1.165) is 11.6 Å². The second kappa shape index (κ2) is 9.52. The van der Waals surface area contributed by atoms with Gasteiger partial charge in [-0.05, 0) is 29.3 Å². The van der Waals surface area contributed by atoms with Crippen LogP contribution in [0.5, 0.6) is 0 Å². The van der Waals surface area contributed by atoms with Gasteiger partial charge in [0.15, 0.2) is 0 Å². The molecular weight excluding hydrogens is 426 g/mol. The molecule has 0 bridgehead atoms. The summed E-state index contributed by atoms with van der Waals surface area (Å²) >= 11 is 12.1. The molecule has 1 unspecified atom stereocenters. The van der Waals surface area contributed by atoms with Crippen LogP contribution in [0.2, 0.25) is 10.0 Å². The standard InChI is InChI=1S/C19H21Cl2FN2O3S/c20-16-4-2-1-3-15(16)19(24-7-9-27-10-8-24)12-23-28(25,26)13-14-5-6-18(22)17(21)11-14/h1-6,11,19,23H,7-10,12-13H2. The molecule has 1 saturated heterocycles. The number of halogens is 3. The van der Waals surface area contributed by atoms with E-state index >= 15 is 0 Å². The fraction of sp³-hybridized carbons (Fsp3) is 0.368. The maximum atomic E-state index is 13.3. The van der Waals surface area contributed by atoms with Crippen molar-refractivity contribution >= 4 is 33.2 Å². The van der Waals surface area contributed by atoms with Gasteiger partial charge >= 0.3 is 0 Å². The number of morpholine rings is 1. The molecule has 3 rings (SSSR count). The molecule has 28 heavy (non-hydrogen) atoms. The predicted molar refractivity (Wildman–Crippen MR) is 109 cm³/mol. The second-order valence-electron chi connectivity index (χ2n) is 6.54. The molecule has 1 atom stereocenters. The monoisotopic (exact) mass is 446 g/mol. The molecule has 2 aromatic rings. The van der Waals surface area contributed by atoms with E-state index in [2.05, 4.69) is 9.62 Å². The number of ether oxygens (including phenoxy) is 1. The van der Waals surface area contributed by atoms with E-state index in [-0.39, 0.29) is 23.4 Å². The van der Waals surface area contributed by atoms with E-state index in [1.165, 1.54) is 12.1 Å². The van der Waals surface area contributed by atoms with Crippen molar-refractivity contribution in [2.24, 2.45) is 0 Å². The quantitative estimate of drug-likeness (QED) is 0.705. The summed E-state index contributed by atoms with van der Waals surface area (Å²) in [4.78, 5) is 2.15. The summed E-state index contributed by atoms with van der Waals surface area (Å²) in [6.45, 7) is 2.71. The molecule has 5 nitrogen and oxygen atoms in total. The fourth-order valence-corrected chi connectivity index (χ4v) is 4.77. The van der Waals surface area contributed by atoms with E-state index in [1.807, 2.05) is 18.2 Å². The highest BCUT2D eigenvalue weighted by Gasteiger charge is 2.26. The first-order chi connectivity index (χ1) is 13.4. The maximum absolute atomic E-state index is 13.3. The van der Waals surface area contributed by atoms with E-state index in [0.29, 0.717) is 36.9 Å². The van der Waals surface area contributed by atoms with Gasteiger partial charge in [-0.15, -0.1) is 0 Å². The number of benzene rings is 2. The molecule has 0 aromatic heterocycles. The fourth-order valence-electron chi connectivity index (χ4n) is 3.18. The number of rotatable bonds is 7. The summed E-state index contributed by atoms with van der Waals surface area (Å²) in [6, 6.07) is 11.1. The van der Waals surface area contributed by atoms with Crippen LogP contribution in [0.25, 0.3) is 0 Å². The van der Waals surface area contributed by atoms with Gasteiger partial charge in [-0.3, -0.25) is 4.90 Å². The minimum Gasteiger partial charge on any atom is -0.379 e. The summed E-state index contributed by atoms with van der Waals surface area (Å²) in [7, 11) is -3.65. The zero-order chi connectivity index (χ0) is 20.1. The molecule has 0 aliphatic carbocycles. The van der Waals surface area contributed by atoms with Gasteiger partial charge in [-0.25, -0.2) is 17.5 Å². The van der Waals surface area contributed by atoms with Crippen molar-refractivity contribution in [3.05, 3.63) is 69.5 Å². The molecule has 0 saturated carbocycles. The molecule has 1 fully saturated rings. The van der Waals surface area contributed by atoms with Gasteiger partial charge < -0.3 is 4.74 Å². The first-order valence-corrected chi connectivity index (χ1v) is 11.2. The molecule has 0 amide bonds. The second-order valence-corrected chi connectivity index (χ2v) is 9.16. The van der Waals surface area contributed by atoms with Crippen LogP contribution in [0.4, 0.5) is 4.39 Å². The van der Waals surface area contributed by atoms with Crippen LogP contribution in [0.15, 0.2) is 42.5 Å². The summed E-state index contributed by atoms with van der Waals surface area (Å²) < 4.78 is 46.5. The van der Waals surface area contributed by atoms with E-state index in [4.69, 9.17) is 27.9 Å². The van der Waals surface area contributed by atoms with Gasteiger partial charge in [0.1, 0.15) is 5.82 Å². The van der Waals surface area contributed by atoms with Gasteiger partial charge in [0.2, 0.25) is 10.0 Å². The Hall–Kier alpha value is -1.22. The lowest BCUT2D eigenvalue weighted by Gasteiger charge is -2.35. The maximum Gasteiger partial charge on any atom is 0.215 e. The van der Waals surface area contributed by atoms with E-state index in [9.17, 15) is 12.8 Å². The third-order valence-electron chi connectivity index (χ3n) is 4.59. The van der Waals surface area contributed by atoms with Crippen LogP contribution in [-0.4, -0.2) is 46.2 Å². The summed E-state index contributed by atoms with van der Waals surface area (Å²) in [5, 5.41) is 0.485. The van der Waals surface area contributed by atoms with Crippen LogP contribution in [0, 0.1) is 5.82 Å². The van der Waals surface area contributed by atoms with Gasteiger partial charge in [0, 0.05) is 30.7 Å². The Kier molecular flexibility index (Phi) is 7.31. The van der Waals surface area contributed by atoms with Gasteiger partial charge in [-0.2, -0.15) is 0 Å². The molecule has 1 aliphatic heterocycles. The van der Waals surface area contributed by atoms with Crippen molar-refractivity contribution in [2.45, 2.75) is 11.8 Å². The van der Waals surface area contributed by atoms with Crippen LogP contribution in [0.3, 0.4) is 0 Å². The Balaban J connectivity index is 1.74. The first-order valence-electron chi connectivity index (χ1n) is 8.83. The zero-order valence-corrected chi connectivity index (χ0v) is 17.4. The molecule has 0 spiro atoms. The first kappa shape index (κ1) is 21.5. The third kappa shape index (κ3) is 5.65. The number of nitrogens with zero attached hydrogens (tertiary/aromatic N) is 1. The van der Waals surface area contributed by atoms with Crippen molar-refractivity contribution in [2.75, 3.05) is 32.8 Å². The smallest absolute Gasteiger partial charge is 0.215 e.